The molecule has 0 aliphatic carbocycles. The molecule has 1 atom stereocenters. The Hall–Kier alpha value is -0.120. The maximum atomic E-state index is 5.63. The summed E-state index contributed by atoms with van der Waals surface area (Å²) in [6.07, 6.45) is 0.161. The highest BCUT2D eigenvalue weighted by molar-refractivity contribution is 4.64. The molecule has 0 aliphatic rings. The van der Waals surface area contributed by atoms with E-state index in [4.69, 9.17) is 9.47 Å². The maximum absolute atomic E-state index is 5.63. The van der Waals surface area contributed by atoms with Gasteiger partial charge in [0.05, 0.1) is 18.3 Å². The second-order valence-electron chi connectivity index (χ2n) is 4.54. The van der Waals surface area contributed by atoms with E-state index in [1.165, 1.54) is 0 Å². The molecule has 0 saturated carbocycles. The van der Waals surface area contributed by atoms with Gasteiger partial charge in [0.1, 0.15) is 0 Å². The summed E-state index contributed by atoms with van der Waals surface area (Å²) in [5.74, 6) is 0. The molecule has 0 aromatic carbocycles. The summed E-state index contributed by atoms with van der Waals surface area (Å²) in [6, 6.07) is 0. The monoisotopic (exact) mass is 189 g/mol. The van der Waals surface area contributed by atoms with Gasteiger partial charge in [0, 0.05) is 13.7 Å². The van der Waals surface area contributed by atoms with Crippen LogP contribution in [0.4, 0.5) is 0 Å². The Balaban J connectivity index is 3.72. The lowest BCUT2D eigenvalue weighted by Gasteiger charge is -2.25. The van der Waals surface area contributed by atoms with Crippen LogP contribution < -0.4 is 0 Å². The molecule has 0 amide bonds. The molecule has 0 fully saturated rings. The summed E-state index contributed by atoms with van der Waals surface area (Å²) < 4.78 is 10.9. The fourth-order valence-electron chi connectivity index (χ4n) is 0.945. The summed E-state index contributed by atoms with van der Waals surface area (Å²) in [4.78, 5) is 2.10. The predicted molar refractivity (Wildman–Crippen MR) is 55.1 cm³/mol. The molecule has 3 heteroatoms. The second-order valence-corrected chi connectivity index (χ2v) is 4.54. The Morgan fingerprint density at radius 2 is 1.77 bits per heavy atom. The van der Waals surface area contributed by atoms with Crippen molar-refractivity contribution in [2.75, 3.05) is 34.4 Å². The number of methoxy groups -OCH3 is 1. The van der Waals surface area contributed by atoms with Crippen LogP contribution in [0.1, 0.15) is 20.8 Å². The van der Waals surface area contributed by atoms with Crippen LogP contribution in [0.15, 0.2) is 0 Å². The molecular formula is C10H23NO2. The predicted octanol–water partition coefficient (Wildman–Crippen LogP) is 1.38. The number of nitrogens with zero attached hydrogens (tertiary/aromatic N) is 1. The number of hydrogen-bond donors (Lipinski definition) is 0. The standard InChI is InChI=1S/C10H23NO2/c1-10(2,3)13-8-9(12-6)7-11(4)5/h9H,7-8H2,1-6H3. The first-order valence-electron chi connectivity index (χ1n) is 4.66. The fourth-order valence-corrected chi connectivity index (χ4v) is 0.945. The van der Waals surface area contributed by atoms with E-state index in [0.29, 0.717) is 6.61 Å². The summed E-state index contributed by atoms with van der Waals surface area (Å²) in [7, 11) is 5.78. The molecule has 3 nitrogen and oxygen atoms in total. The van der Waals surface area contributed by atoms with Crippen molar-refractivity contribution in [3.63, 3.8) is 0 Å². The van der Waals surface area contributed by atoms with E-state index < -0.39 is 0 Å². The number of rotatable bonds is 5. The van der Waals surface area contributed by atoms with Crippen LogP contribution in [0.25, 0.3) is 0 Å². The van der Waals surface area contributed by atoms with Gasteiger partial charge in [-0.2, -0.15) is 0 Å². The molecule has 0 aromatic heterocycles. The largest absolute Gasteiger partial charge is 0.378 e. The third kappa shape index (κ3) is 8.22. The van der Waals surface area contributed by atoms with Gasteiger partial charge in [-0.15, -0.1) is 0 Å². The Kier molecular flexibility index (Phi) is 5.53. The van der Waals surface area contributed by atoms with Gasteiger partial charge in [-0.05, 0) is 34.9 Å². The van der Waals surface area contributed by atoms with E-state index in [1.807, 2.05) is 14.1 Å². The molecule has 0 aliphatic heterocycles. The number of likely N-dealkylation sites (N-methyl/N-ethyl adjacent to an activating group) is 1. The van der Waals surface area contributed by atoms with E-state index in [0.717, 1.165) is 6.54 Å². The van der Waals surface area contributed by atoms with Crippen LogP contribution in [0.5, 0.6) is 0 Å². The molecule has 0 N–H and O–H groups in total. The van der Waals surface area contributed by atoms with Crippen LogP contribution in [0.2, 0.25) is 0 Å². The third-order valence-corrected chi connectivity index (χ3v) is 1.60. The van der Waals surface area contributed by atoms with Crippen LogP contribution in [-0.4, -0.2) is 51.0 Å². The highest BCUT2D eigenvalue weighted by Crippen LogP contribution is 2.08. The smallest absolute Gasteiger partial charge is 0.0931 e. The van der Waals surface area contributed by atoms with Gasteiger partial charge in [0.2, 0.25) is 0 Å². The molecule has 0 bridgehead atoms. The molecule has 0 radical (unpaired) electrons. The summed E-state index contributed by atoms with van der Waals surface area (Å²) in [6.45, 7) is 7.70. The second kappa shape index (κ2) is 5.58. The molecule has 0 spiro atoms. The van der Waals surface area contributed by atoms with Gasteiger partial charge in [-0.25, -0.2) is 0 Å². The van der Waals surface area contributed by atoms with Crippen molar-refractivity contribution in [2.24, 2.45) is 0 Å². The van der Waals surface area contributed by atoms with Gasteiger partial charge < -0.3 is 14.4 Å². The zero-order valence-electron chi connectivity index (χ0n) is 9.76. The molecule has 0 aromatic rings. The minimum absolute atomic E-state index is 0.0803. The lowest BCUT2D eigenvalue weighted by Crippen LogP contribution is -2.34. The first kappa shape index (κ1) is 12.9. The Morgan fingerprint density at radius 1 is 1.23 bits per heavy atom. The normalized spacial score (nSPS) is 15.0. The summed E-state index contributed by atoms with van der Waals surface area (Å²) in [5, 5.41) is 0. The minimum Gasteiger partial charge on any atom is -0.378 e. The Morgan fingerprint density at radius 3 is 2.08 bits per heavy atom. The van der Waals surface area contributed by atoms with Crippen molar-refractivity contribution in [1.29, 1.82) is 0 Å². The highest BCUT2D eigenvalue weighted by Gasteiger charge is 2.15. The topological polar surface area (TPSA) is 21.7 Å². The van der Waals surface area contributed by atoms with Crippen molar-refractivity contribution in [3.05, 3.63) is 0 Å². The number of hydrogen-bond acceptors (Lipinski definition) is 3. The van der Waals surface area contributed by atoms with Crippen LogP contribution in [-0.2, 0) is 9.47 Å². The summed E-state index contributed by atoms with van der Waals surface area (Å²) >= 11 is 0. The van der Waals surface area contributed by atoms with Crippen molar-refractivity contribution in [2.45, 2.75) is 32.5 Å². The van der Waals surface area contributed by atoms with E-state index in [1.54, 1.807) is 7.11 Å². The van der Waals surface area contributed by atoms with Gasteiger partial charge in [-0.1, -0.05) is 0 Å². The van der Waals surface area contributed by atoms with Crippen LogP contribution in [0, 0.1) is 0 Å². The van der Waals surface area contributed by atoms with Crippen LogP contribution >= 0.6 is 0 Å². The molecule has 80 valence electrons. The molecule has 1 unspecified atom stereocenters. The van der Waals surface area contributed by atoms with E-state index >= 15 is 0 Å². The SMILES string of the molecule is COC(COC(C)(C)C)CN(C)C. The van der Waals surface area contributed by atoms with Crippen LogP contribution in [0.3, 0.4) is 0 Å². The van der Waals surface area contributed by atoms with E-state index in [9.17, 15) is 0 Å². The number of ether oxygens (including phenoxy) is 2. The first-order valence-corrected chi connectivity index (χ1v) is 4.66. The Bertz CT molecular complexity index is 129. The maximum Gasteiger partial charge on any atom is 0.0931 e. The van der Waals surface area contributed by atoms with E-state index in [-0.39, 0.29) is 11.7 Å². The summed E-state index contributed by atoms with van der Waals surface area (Å²) in [5.41, 5.74) is -0.0803. The zero-order valence-corrected chi connectivity index (χ0v) is 9.76. The van der Waals surface area contributed by atoms with Crippen molar-refractivity contribution < 1.29 is 9.47 Å². The van der Waals surface area contributed by atoms with Gasteiger partial charge >= 0.3 is 0 Å². The molecule has 0 heterocycles. The first-order chi connectivity index (χ1) is 5.85. The van der Waals surface area contributed by atoms with Gasteiger partial charge in [-0.3, -0.25) is 0 Å². The molecule has 13 heavy (non-hydrogen) atoms. The quantitative estimate of drug-likeness (QED) is 0.652. The van der Waals surface area contributed by atoms with Crippen molar-refractivity contribution in [1.82, 2.24) is 4.90 Å². The van der Waals surface area contributed by atoms with E-state index in [2.05, 4.69) is 25.7 Å². The lowest BCUT2D eigenvalue weighted by molar-refractivity contribution is -0.0658. The molecule has 0 rings (SSSR count). The van der Waals surface area contributed by atoms with Crippen molar-refractivity contribution >= 4 is 0 Å². The zero-order chi connectivity index (χ0) is 10.5. The third-order valence-electron chi connectivity index (χ3n) is 1.60. The Labute approximate surface area is 82.0 Å². The lowest BCUT2D eigenvalue weighted by atomic mass is 10.2. The highest BCUT2D eigenvalue weighted by atomic mass is 16.5. The van der Waals surface area contributed by atoms with Gasteiger partial charge in [0.15, 0.2) is 0 Å². The molecular weight excluding hydrogens is 166 g/mol. The average molecular weight is 189 g/mol. The molecule has 0 saturated heterocycles. The minimum atomic E-state index is -0.0803. The average Bonchev–Trinajstić information content (AvgIpc) is 1.95. The van der Waals surface area contributed by atoms with Crippen molar-refractivity contribution in [3.8, 4) is 0 Å². The fraction of sp³-hybridized carbons (Fsp3) is 1.00. The van der Waals surface area contributed by atoms with Gasteiger partial charge in [0.25, 0.3) is 0 Å².